The lowest BCUT2D eigenvalue weighted by Crippen LogP contribution is -2.49. The van der Waals surface area contributed by atoms with E-state index in [1.165, 1.54) is 6.20 Å². The zero-order valence-corrected chi connectivity index (χ0v) is 11.3. The second-order valence-electron chi connectivity index (χ2n) is 4.29. The molecule has 0 saturated carbocycles. The second-order valence-corrected chi connectivity index (χ2v) is 5.15. The smallest absolute Gasteiger partial charge is 0.315 e. The highest BCUT2D eigenvalue weighted by molar-refractivity contribution is 9.10. The van der Waals surface area contributed by atoms with Crippen LogP contribution in [0.25, 0.3) is 0 Å². The highest BCUT2D eigenvalue weighted by Crippen LogP contribution is 2.43. The summed E-state index contributed by atoms with van der Waals surface area (Å²) < 4.78 is 39.8. The molecule has 0 radical (unpaired) electrons. The fraction of sp³-hybridized carbons (Fsp3) is 0.455. The largest absolute Gasteiger partial charge is 0.404 e. The number of rotatable bonds is 2. The van der Waals surface area contributed by atoms with Gasteiger partial charge in [0, 0.05) is 12.7 Å². The van der Waals surface area contributed by atoms with Crippen molar-refractivity contribution >= 4 is 27.7 Å². The number of halogens is 4. The predicted octanol–water partition coefficient (Wildman–Crippen LogP) is 2.32. The summed E-state index contributed by atoms with van der Waals surface area (Å²) in [4.78, 5) is 15.8. The third kappa shape index (κ3) is 2.59. The summed E-state index contributed by atoms with van der Waals surface area (Å²) in [7, 11) is 0. The number of hydrogen-bond donors (Lipinski definition) is 2. The van der Waals surface area contributed by atoms with Crippen molar-refractivity contribution in [3.8, 4) is 0 Å². The molecule has 19 heavy (non-hydrogen) atoms. The van der Waals surface area contributed by atoms with Crippen LogP contribution in [0.3, 0.4) is 0 Å². The van der Waals surface area contributed by atoms with Crippen LogP contribution >= 0.6 is 15.9 Å². The lowest BCUT2D eigenvalue weighted by Gasteiger charge is -2.29. The van der Waals surface area contributed by atoms with Crippen LogP contribution in [0, 0.1) is 5.41 Å². The molecular formula is C11H11BrF3N3O. The van der Waals surface area contributed by atoms with Crippen LogP contribution in [0.5, 0.6) is 0 Å². The molecule has 1 aromatic heterocycles. The van der Waals surface area contributed by atoms with Crippen molar-refractivity contribution in [2.45, 2.75) is 12.6 Å². The van der Waals surface area contributed by atoms with Gasteiger partial charge in [0.25, 0.3) is 0 Å². The van der Waals surface area contributed by atoms with Crippen molar-refractivity contribution in [2.24, 2.45) is 5.41 Å². The van der Waals surface area contributed by atoms with Crippen LogP contribution in [-0.4, -0.2) is 30.2 Å². The summed E-state index contributed by atoms with van der Waals surface area (Å²) in [5.41, 5.74) is -2.38. The second kappa shape index (κ2) is 5.09. The fourth-order valence-electron chi connectivity index (χ4n) is 1.96. The maximum absolute atomic E-state index is 13.1. The van der Waals surface area contributed by atoms with Crippen LogP contribution in [0.15, 0.2) is 22.8 Å². The first-order valence-electron chi connectivity index (χ1n) is 5.56. The lowest BCUT2D eigenvalue weighted by molar-refractivity contribution is -0.213. The van der Waals surface area contributed by atoms with E-state index in [1.807, 2.05) is 0 Å². The Morgan fingerprint density at radius 2 is 2.26 bits per heavy atom. The van der Waals surface area contributed by atoms with Crippen molar-refractivity contribution in [2.75, 3.05) is 18.4 Å². The molecule has 1 fully saturated rings. The summed E-state index contributed by atoms with van der Waals surface area (Å²) in [6, 6.07) is 3.20. The number of nitrogens with one attached hydrogen (secondary N) is 2. The molecule has 1 amide bonds. The Bertz CT molecular complexity index is 486. The molecule has 8 heteroatoms. The van der Waals surface area contributed by atoms with E-state index in [4.69, 9.17) is 0 Å². The van der Waals surface area contributed by atoms with Crippen LogP contribution in [0.2, 0.25) is 0 Å². The highest BCUT2D eigenvalue weighted by Gasteiger charge is 2.61. The maximum atomic E-state index is 13.1. The number of pyridine rings is 1. The molecule has 0 aromatic carbocycles. The third-order valence-electron chi connectivity index (χ3n) is 3.12. The van der Waals surface area contributed by atoms with E-state index in [1.54, 1.807) is 12.1 Å². The minimum absolute atomic E-state index is 0.0861. The van der Waals surface area contributed by atoms with Gasteiger partial charge in [0.2, 0.25) is 5.91 Å². The molecule has 1 atom stereocenters. The van der Waals surface area contributed by atoms with E-state index in [0.29, 0.717) is 4.47 Å². The highest BCUT2D eigenvalue weighted by atomic mass is 79.9. The van der Waals surface area contributed by atoms with Gasteiger partial charge in [0.05, 0.1) is 4.47 Å². The maximum Gasteiger partial charge on any atom is 0.404 e. The molecule has 104 valence electrons. The number of hydrogen-bond acceptors (Lipinski definition) is 3. The van der Waals surface area contributed by atoms with Crippen LogP contribution < -0.4 is 10.6 Å². The Morgan fingerprint density at radius 1 is 1.53 bits per heavy atom. The van der Waals surface area contributed by atoms with Gasteiger partial charge < -0.3 is 10.6 Å². The van der Waals surface area contributed by atoms with E-state index in [2.05, 4.69) is 31.5 Å². The summed E-state index contributed by atoms with van der Waals surface area (Å²) in [5.74, 6) is -0.993. The van der Waals surface area contributed by atoms with Crippen LogP contribution in [0.1, 0.15) is 6.42 Å². The molecule has 4 nitrogen and oxygen atoms in total. The van der Waals surface area contributed by atoms with Gasteiger partial charge in [0.1, 0.15) is 5.82 Å². The zero-order chi connectivity index (χ0) is 14.1. The Hall–Kier alpha value is -1.15. The van der Waals surface area contributed by atoms with Crippen LogP contribution in [0.4, 0.5) is 19.0 Å². The van der Waals surface area contributed by atoms with Gasteiger partial charge in [-0.05, 0) is 41.0 Å². The number of amides is 1. The summed E-state index contributed by atoms with van der Waals surface area (Å²) in [6.45, 7) is -0.247. The first-order chi connectivity index (χ1) is 8.87. The Kier molecular flexibility index (Phi) is 3.82. The molecule has 1 aromatic rings. The molecule has 1 unspecified atom stereocenters. The molecule has 0 spiro atoms. The molecule has 0 bridgehead atoms. The standard InChI is InChI=1S/C11H11BrF3N3O/c12-7-2-1-4-17-8(7)18-9(19)10(11(13,14)15)3-5-16-6-10/h1-2,4,16H,3,5-6H2,(H,17,18,19). The van der Waals surface area contributed by atoms with E-state index < -0.39 is 24.0 Å². The van der Waals surface area contributed by atoms with Gasteiger partial charge >= 0.3 is 6.18 Å². The Labute approximate surface area is 115 Å². The number of alkyl halides is 3. The first kappa shape index (κ1) is 14.3. The van der Waals surface area contributed by atoms with Crippen molar-refractivity contribution in [1.82, 2.24) is 10.3 Å². The number of nitrogens with zero attached hydrogens (tertiary/aromatic N) is 1. The summed E-state index contributed by atoms with van der Waals surface area (Å²) in [5, 5.41) is 4.83. The van der Waals surface area contributed by atoms with Crippen LogP contribution in [-0.2, 0) is 4.79 Å². The van der Waals surface area contributed by atoms with Crippen molar-refractivity contribution in [3.63, 3.8) is 0 Å². The number of carbonyl (C=O) groups is 1. The molecule has 2 N–H and O–H groups in total. The van der Waals surface area contributed by atoms with E-state index in [-0.39, 0.29) is 18.8 Å². The molecule has 1 saturated heterocycles. The SMILES string of the molecule is O=C(Nc1ncccc1Br)C1(C(F)(F)F)CCNC1. The van der Waals surface area contributed by atoms with Gasteiger partial charge in [-0.15, -0.1) is 0 Å². The van der Waals surface area contributed by atoms with Gasteiger partial charge in [0.15, 0.2) is 5.41 Å². The molecule has 0 aliphatic carbocycles. The molecule has 2 heterocycles. The average Bonchev–Trinajstić information content (AvgIpc) is 2.82. The number of carbonyl (C=O) groups excluding carboxylic acids is 1. The first-order valence-corrected chi connectivity index (χ1v) is 6.35. The summed E-state index contributed by atoms with van der Waals surface area (Å²) >= 11 is 3.13. The molecule has 1 aliphatic rings. The zero-order valence-electron chi connectivity index (χ0n) is 9.72. The fourth-order valence-corrected chi connectivity index (χ4v) is 2.32. The normalized spacial score (nSPS) is 23.4. The number of aromatic nitrogens is 1. The Balaban J connectivity index is 2.25. The lowest BCUT2D eigenvalue weighted by atomic mass is 9.85. The monoisotopic (exact) mass is 337 g/mol. The van der Waals surface area contributed by atoms with Gasteiger partial charge in [-0.3, -0.25) is 4.79 Å². The van der Waals surface area contributed by atoms with Crippen molar-refractivity contribution in [1.29, 1.82) is 0 Å². The topological polar surface area (TPSA) is 54.0 Å². The Morgan fingerprint density at radius 3 is 2.79 bits per heavy atom. The molecule has 1 aliphatic heterocycles. The van der Waals surface area contributed by atoms with Crippen molar-refractivity contribution < 1.29 is 18.0 Å². The minimum Gasteiger partial charge on any atom is -0.315 e. The van der Waals surface area contributed by atoms with Gasteiger partial charge in [-0.2, -0.15) is 13.2 Å². The van der Waals surface area contributed by atoms with Crippen molar-refractivity contribution in [3.05, 3.63) is 22.8 Å². The average molecular weight is 338 g/mol. The van der Waals surface area contributed by atoms with E-state index in [0.717, 1.165) is 0 Å². The van der Waals surface area contributed by atoms with E-state index >= 15 is 0 Å². The molecule has 2 rings (SSSR count). The quantitative estimate of drug-likeness (QED) is 0.870. The van der Waals surface area contributed by atoms with Gasteiger partial charge in [-0.25, -0.2) is 4.98 Å². The third-order valence-corrected chi connectivity index (χ3v) is 3.76. The predicted molar refractivity (Wildman–Crippen MR) is 66.5 cm³/mol. The minimum atomic E-state index is -4.60. The summed E-state index contributed by atoms with van der Waals surface area (Å²) in [6.07, 6.45) is -3.47. The van der Waals surface area contributed by atoms with E-state index in [9.17, 15) is 18.0 Å². The molecular weight excluding hydrogens is 327 g/mol. The van der Waals surface area contributed by atoms with Gasteiger partial charge in [-0.1, -0.05) is 0 Å². The number of anilines is 1.